The minimum atomic E-state index is -0.404. The van der Waals surface area contributed by atoms with E-state index in [9.17, 15) is 9.59 Å². The normalized spacial score (nSPS) is 19.4. The lowest BCUT2D eigenvalue weighted by molar-refractivity contribution is -0.134. The fourth-order valence-corrected chi connectivity index (χ4v) is 4.80. The number of carbonyl (C=O) groups excluding carboxylic acids is 2. The van der Waals surface area contributed by atoms with Gasteiger partial charge in [-0.3, -0.25) is 14.9 Å². The van der Waals surface area contributed by atoms with Gasteiger partial charge in [0.25, 0.3) is 0 Å². The molecule has 166 valence electrons. The van der Waals surface area contributed by atoms with Crippen molar-refractivity contribution in [3.05, 3.63) is 47.1 Å². The van der Waals surface area contributed by atoms with Gasteiger partial charge >= 0.3 is 0 Å². The Morgan fingerprint density at radius 2 is 1.91 bits per heavy atom. The third-order valence-electron chi connectivity index (χ3n) is 6.09. The average Bonchev–Trinajstić information content (AvgIpc) is 3.28. The molecule has 2 aliphatic heterocycles. The molecule has 0 saturated carbocycles. The van der Waals surface area contributed by atoms with Gasteiger partial charge < -0.3 is 14.5 Å². The topological polar surface area (TPSA) is 92.1 Å². The lowest BCUT2D eigenvalue weighted by Crippen LogP contribution is -2.47. The Morgan fingerprint density at radius 3 is 2.66 bits per heavy atom. The van der Waals surface area contributed by atoms with Crippen molar-refractivity contribution in [2.75, 3.05) is 43.1 Å². The molecule has 5 rings (SSSR count). The monoisotopic (exact) mass is 454 g/mol. The van der Waals surface area contributed by atoms with Gasteiger partial charge in [0, 0.05) is 44.7 Å². The highest BCUT2D eigenvalue weighted by atomic mass is 35.5. The number of amides is 2. The molecule has 2 saturated heterocycles. The molecule has 32 heavy (non-hydrogen) atoms. The number of hydrogen-bond donors (Lipinski definition) is 1. The van der Waals surface area contributed by atoms with Gasteiger partial charge in [-0.1, -0.05) is 23.7 Å². The van der Waals surface area contributed by atoms with Crippen LogP contribution < -0.4 is 19.9 Å². The third kappa shape index (κ3) is 3.62. The Bertz CT molecular complexity index is 1190. The number of halogens is 1. The summed E-state index contributed by atoms with van der Waals surface area (Å²) in [6.07, 6.45) is 2.53. The van der Waals surface area contributed by atoms with E-state index in [1.807, 2.05) is 34.8 Å². The van der Waals surface area contributed by atoms with Gasteiger partial charge in [-0.25, -0.2) is 0 Å². The van der Waals surface area contributed by atoms with E-state index >= 15 is 0 Å². The summed E-state index contributed by atoms with van der Waals surface area (Å²) in [6.45, 7) is 3.04. The quantitative estimate of drug-likeness (QED) is 0.604. The Morgan fingerprint density at radius 1 is 1.12 bits per heavy atom. The molecule has 2 fully saturated rings. The number of aromatic nitrogens is 3. The number of piperidine rings is 1. The van der Waals surface area contributed by atoms with E-state index in [-0.39, 0.29) is 11.8 Å². The molecule has 2 aliphatic rings. The Labute approximate surface area is 189 Å². The first-order valence-electron chi connectivity index (χ1n) is 10.6. The number of nitrogens with zero attached hydrogens (tertiary/aromatic N) is 5. The molecule has 1 atom stereocenters. The fraction of sp³-hybridized carbons (Fsp3) is 0.364. The molecule has 1 aromatic carbocycles. The second-order valence-electron chi connectivity index (χ2n) is 7.92. The summed E-state index contributed by atoms with van der Waals surface area (Å²) in [5, 5.41) is 7.40. The van der Waals surface area contributed by atoms with Gasteiger partial charge in [0.2, 0.25) is 17.7 Å². The molecule has 2 amide bonds. The lowest BCUT2D eigenvalue weighted by atomic mass is 9.90. The van der Waals surface area contributed by atoms with Crippen molar-refractivity contribution in [2.45, 2.75) is 18.8 Å². The largest absolute Gasteiger partial charge is 0.481 e. The van der Waals surface area contributed by atoms with Crippen molar-refractivity contribution >= 4 is 40.6 Å². The Hall–Kier alpha value is -3.33. The molecule has 0 radical (unpaired) electrons. The molecule has 4 heterocycles. The van der Waals surface area contributed by atoms with E-state index in [1.165, 1.54) is 0 Å². The van der Waals surface area contributed by atoms with Crippen LogP contribution in [0.25, 0.3) is 5.65 Å². The summed E-state index contributed by atoms with van der Waals surface area (Å²) in [5.74, 6) is 0.572. The van der Waals surface area contributed by atoms with Crippen molar-refractivity contribution in [2.24, 2.45) is 0 Å². The van der Waals surface area contributed by atoms with Gasteiger partial charge in [-0.05, 0) is 18.1 Å². The van der Waals surface area contributed by atoms with Gasteiger partial charge in [-0.15, -0.1) is 0 Å². The van der Waals surface area contributed by atoms with Gasteiger partial charge in [-0.2, -0.15) is 14.6 Å². The van der Waals surface area contributed by atoms with Crippen molar-refractivity contribution < 1.29 is 14.3 Å². The average molecular weight is 455 g/mol. The number of rotatable bonds is 4. The predicted octanol–water partition coefficient (Wildman–Crippen LogP) is 2.24. The minimum Gasteiger partial charge on any atom is -0.481 e. The number of hydrogen-bond acceptors (Lipinski definition) is 7. The van der Waals surface area contributed by atoms with Gasteiger partial charge in [0.1, 0.15) is 5.82 Å². The summed E-state index contributed by atoms with van der Waals surface area (Å²) in [4.78, 5) is 32.7. The number of anilines is 2. The molecule has 9 nitrogen and oxygen atoms in total. The van der Waals surface area contributed by atoms with Crippen LogP contribution in [0.3, 0.4) is 0 Å². The van der Waals surface area contributed by atoms with Crippen LogP contribution in [-0.4, -0.2) is 59.7 Å². The third-order valence-corrected chi connectivity index (χ3v) is 6.51. The van der Waals surface area contributed by atoms with E-state index in [1.54, 1.807) is 13.3 Å². The highest BCUT2D eigenvalue weighted by molar-refractivity contribution is 6.34. The zero-order chi connectivity index (χ0) is 22.2. The number of benzene rings is 1. The predicted molar refractivity (Wildman–Crippen MR) is 121 cm³/mol. The number of piperazine rings is 1. The molecule has 2 aromatic heterocycles. The maximum atomic E-state index is 12.3. The van der Waals surface area contributed by atoms with Crippen molar-refractivity contribution in [1.29, 1.82) is 0 Å². The van der Waals surface area contributed by atoms with Crippen LogP contribution in [0.2, 0.25) is 5.02 Å². The molecule has 3 aromatic rings. The SMILES string of the molecule is COc1cc(N2CCN(c3cccc(C4CCC(=O)NC4=O)c3Cl)CC2)n2nccc2n1. The second-order valence-corrected chi connectivity index (χ2v) is 8.29. The summed E-state index contributed by atoms with van der Waals surface area (Å²) in [5.41, 5.74) is 2.42. The number of fused-ring (bicyclic) bond motifs is 1. The summed E-state index contributed by atoms with van der Waals surface area (Å²) in [7, 11) is 1.61. The van der Waals surface area contributed by atoms with Crippen LogP contribution in [0.1, 0.15) is 24.3 Å². The maximum absolute atomic E-state index is 12.3. The van der Waals surface area contributed by atoms with Gasteiger partial charge in [0.15, 0.2) is 5.65 Å². The number of ether oxygens (including phenoxy) is 1. The minimum absolute atomic E-state index is 0.228. The Balaban J connectivity index is 1.36. The number of methoxy groups -OCH3 is 1. The van der Waals surface area contributed by atoms with Gasteiger partial charge in [0.05, 0.1) is 29.9 Å². The second kappa shape index (κ2) is 8.31. The van der Waals surface area contributed by atoms with E-state index in [2.05, 4.69) is 25.2 Å². The summed E-state index contributed by atoms with van der Waals surface area (Å²) >= 11 is 6.77. The van der Waals surface area contributed by atoms with Crippen LogP contribution in [0, 0.1) is 0 Å². The first-order valence-corrected chi connectivity index (χ1v) is 10.9. The number of imide groups is 1. The van der Waals surface area contributed by atoms with Crippen LogP contribution in [-0.2, 0) is 9.59 Å². The van der Waals surface area contributed by atoms with Crippen molar-refractivity contribution in [3.8, 4) is 5.88 Å². The molecule has 1 unspecified atom stereocenters. The van der Waals surface area contributed by atoms with E-state index < -0.39 is 5.92 Å². The highest BCUT2D eigenvalue weighted by Crippen LogP contribution is 2.37. The fourth-order valence-electron chi connectivity index (χ4n) is 4.42. The molecule has 10 heteroatoms. The smallest absolute Gasteiger partial charge is 0.234 e. The van der Waals surface area contributed by atoms with Crippen LogP contribution >= 0.6 is 11.6 Å². The molecule has 0 aliphatic carbocycles. The van der Waals surface area contributed by atoms with E-state index in [0.29, 0.717) is 23.7 Å². The first kappa shape index (κ1) is 20.6. The summed E-state index contributed by atoms with van der Waals surface area (Å²) in [6, 6.07) is 9.52. The van der Waals surface area contributed by atoms with Crippen molar-refractivity contribution in [1.82, 2.24) is 19.9 Å². The molecular weight excluding hydrogens is 432 g/mol. The molecule has 1 N–H and O–H groups in total. The molecule has 0 spiro atoms. The zero-order valence-electron chi connectivity index (χ0n) is 17.6. The van der Waals surface area contributed by atoms with Crippen LogP contribution in [0.5, 0.6) is 5.88 Å². The first-order chi connectivity index (χ1) is 15.5. The van der Waals surface area contributed by atoms with E-state index in [4.69, 9.17) is 16.3 Å². The zero-order valence-corrected chi connectivity index (χ0v) is 18.4. The highest BCUT2D eigenvalue weighted by Gasteiger charge is 2.31. The Kier molecular flexibility index (Phi) is 5.34. The number of carbonyl (C=O) groups is 2. The lowest BCUT2D eigenvalue weighted by Gasteiger charge is -2.38. The van der Waals surface area contributed by atoms with E-state index in [0.717, 1.165) is 48.9 Å². The summed E-state index contributed by atoms with van der Waals surface area (Å²) < 4.78 is 7.17. The van der Waals surface area contributed by atoms with Crippen LogP contribution in [0.15, 0.2) is 36.5 Å². The number of nitrogens with one attached hydrogen (secondary N) is 1. The van der Waals surface area contributed by atoms with Crippen molar-refractivity contribution in [3.63, 3.8) is 0 Å². The molecular formula is C22H23ClN6O3. The van der Waals surface area contributed by atoms with Crippen LogP contribution in [0.4, 0.5) is 11.5 Å². The standard InChI is InChI=1S/C22H23ClN6O3/c1-32-19-13-20(29-17(25-19)7-8-24-29)28-11-9-27(10-12-28)16-4-2-3-14(21(16)23)15-5-6-18(30)26-22(15)31/h2-4,7-8,13,15H,5-6,9-12H2,1H3,(H,26,30,31). The molecule has 0 bridgehead atoms. The maximum Gasteiger partial charge on any atom is 0.234 e.